The molecule has 3 N–H and O–H groups in total. The van der Waals surface area contributed by atoms with Crippen LogP contribution in [0.25, 0.3) is 10.6 Å². The summed E-state index contributed by atoms with van der Waals surface area (Å²) in [4.78, 5) is 20.8. The smallest absolute Gasteiger partial charge is 0.230 e. The zero-order chi connectivity index (χ0) is 16.9. The van der Waals surface area contributed by atoms with Crippen molar-refractivity contribution in [3.63, 3.8) is 0 Å². The Labute approximate surface area is 144 Å². The predicted molar refractivity (Wildman–Crippen MR) is 96.7 cm³/mol. The highest BCUT2D eigenvalue weighted by molar-refractivity contribution is 7.13. The van der Waals surface area contributed by atoms with Crippen molar-refractivity contribution in [1.29, 1.82) is 0 Å². The highest BCUT2D eigenvalue weighted by Gasteiger charge is 2.09. The van der Waals surface area contributed by atoms with Gasteiger partial charge in [-0.1, -0.05) is 24.3 Å². The summed E-state index contributed by atoms with van der Waals surface area (Å²) < 4.78 is 0. The second-order valence-electron chi connectivity index (χ2n) is 5.46. The summed E-state index contributed by atoms with van der Waals surface area (Å²) in [5.74, 6) is -0.0871. The third-order valence-corrected chi connectivity index (χ3v) is 4.45. The number of aryl methyl sites for hydroxylation is 1. The van der Waals surface area contributed by atoms with E-state index in [1.54, 1.807) is 12.3 Å². The van der Waals surface area contributed by atoms with E-state index in [1.165, 1.54) is 11.3 Å². The van der Waals surface area contributed by atoms with Crippen molar-refractivity contribution in [1.82, 2.24) is 9.97 Å². The van der Waals surface area contributed by atoms with E-state index in [9.17, 15) is 4.79 Å². The number of anilines is 1. The minimum absolute atomic E-state index is 0.0871. The molecule has 0 spiro atoms. The van der Waals surface area contributed by atoms with Gasteiger partial charge in [-0.2, -0.15) is 0 Å². The van der Waals surface area contributed by atoms with Gasteiger partial charge in [0, 0.05) is 35.1 Å². The number of nitrogens with one attached hydrogen (secondary N) is 1. The molecule has 0 aliphatic heterocycles. The van der Waals surface area contributed by atoms with Crippen LogP contribution in [-0.4, -0.2) is 15.9 Å². The molecule has 0 aliphatic carbocycles. The molecule has 3 aromatic rings. The van der Waals surface area contributed by atoms with Crippen LogP contribution in [-0.2, 0) is 17.8 Å². The number of hydrogen-bond donors (Lipinski definition) is 2. The molecule has 6 heteroatoms. The molecule has 3 rings (SSSR count). The number of hydrogen-bond acceptors (Lipinski definition) is 5. The standard InChI is InChI=1S/C18H18N4OS/c1-12-8-15(6-7-20-12)21-17(23)9-16-11-24-18(22-16)14-4-2-13(10-19)3-5-14/h2-8,11H,9-10,19H2,1H3,(H,20,21,23). The first kappa shape index (κ1) is 16.3. The lowest BCUT2D eigenvalue weighted by molar-refractivity contribution is -0.115. The van der Waals surface area contributed by atoms with Gasteiger partial charge in [-0.3, -0.25) is 9.78 Å². The van der Waals surface area contributed by atoms with Crippen LogP contribution in [0.1, 0.15) is 17.0 Å². The largest absolute Gasteiger partial charge is 0.326 e. The average Bonchev–Trinajstić information content (AvgIpc) is 3.03. The monoisotopic (exact) mass is 338 g/mol. The maximum Gasteiger partial charge on any atom is 0.230 e. The third-order valence-electron chi connectivity index (χ3n) is 3.51. The van der Waals surface area contributed by atoms with Crippen molar-refractivity contribution in [2.24, 2.45) is 5.73 Å². The van der Waals surface area contributed by atoms with Crippen LogP contribution in [0.5, 0.6) is 0 Å². The summed E-state index contributed by atoms with van der Waals surface area (Å²) in [5, 5.41) is 5.69. The number of amides is 1. The zero-order valence-electron chi connectivity index (χ0n) is 13.3. The number of benzene rings is 1. The highest BCUT2D eigenvalue weighted by atomic mass is 32.1. The van der Waals surface area contributed by atoms with Gasteiger partial charge in [0.25, 0.3) is 0 Å². The summed E-state index contributed by atoms with van der Waals surface area (Å²) in [6.07, 6.45) is 1.93. The minimum Gasteiger partial charge on any atom is -0.326 e. The Bertz CT molecular complexity index is 842. The molecule has 2 heterocycles. The molecule has 2 aromatic heterocycles. The molecular formula is C18H18N4OS. The molecule has 122 valence electrons. The lowest BCUT2D eigenvalue weighted by Gasteiger charge is -2.04. The van der Waals surface area contributed by atoms with E-state index in [0.717, 1.165) is 33.2 Å². The van der Waals surface area contributed by atoms with Crippen molar-refractivity contribution in [2.75, 3.05) is 5.32 Å². The summed E-state index contributed by atoms with van der Waals surface area (Å²) in [6.45, 7) is 2.41. The van der Waals surface area contributed by atoms with Gasteiger partial charge in [0.2, 0.25) is 5.91 Å². The maximum absolute atomic E-state index is 12.1. The SMILES string of the molecule is Cc1cc(NC(=O)Cc2csc(-c3ccc(CN)cc3)n2)ccn1. The molecule has 5 nitrogen and oxygen atoms in total. The molecule has 0 aliphatic rings. The summed E-state index contributed by atoms with van der Waals surface area (Å²) >= 11 is 1.53. The van der Waals surface area contributed by atoms with E-state index in [-0.39, 0.29) is 12.3 Å². The molecule has 0 atom stereocenters. The second-order valence-corrected chi connectivity index (χ2v) is 6.31. The molecule has 0 saturated heterocycles. The highest BCUT2D eigenvalue weighted by Crippen LogP contribution is 2.24. The number of nitrogens with two attached hydrogens (primary N) is 1. The van der Waals surface area contributed by atoms with Gasteiger partial charge in [0.1, 0.15) is 5.01 Å². The topological polar surface area (TPSA) is 80.9 Å². The lowest BCUT2D eigenvalue weighted by Crippen LogP contribution is -2.14. The Morgan fingerprint density at radius 3 is 2.75 bits per heavy atom. The van der Waals surface area contributed by atoms with Crippen LogP contribution in [0.2, 0.25) is 0 Å². The fourth-order valence-electron chi connectivity index (χ4n) is 2.30. The van der Waals surface area contributed by atoms with E-state index in [1.807, 2.05) is 42.6 Å². The van der Waals surface area contributed by atoms with Crippen LogP contribution >= 0.6 is 11.3 Å². The van der Waals surface area contributed by atoms with Crippen LogP contribution in [0.4, 0.5) is 5.69 Å². The minimum atomic E-state index is -0.0871. The molecule has 0 radical (unpaired) electrons. The first-order valence-electron chi connectivity index (χ1n) is 7.60. The van der Waals surface area contributed by atoms with Crippen LogP contribution < -0.4 is 11.1 Å². The number of pyridine rings is 1. The Morgan fingerprint density at radius 1 is 1.25 bits per heavy atom. The third kappa shape index (κ3) is 4.04. The fraction of sp³-hybridized carbons (Fsp3) is 0.167. The van der Waals surface area contributed by atoms with Gasteiger partial charge in [0.15, 0.2) is 0 Å². The number of aromatic nitrogens is 2. The van der Waals surface area contributed by atoms with Gasteiger partial charge in [-0.05, 0) is 24.6 Å². The molecular weight excluding hydrogens is 320 g/mol. The van der Waals surface area contributed by atoms with Gasteiger partial charge >= 0.3 is 0 Å². The van der Waals surface area contributed by atoms with Crippen molar-refractivity contribution in [3.8, 4) is 10.6 Å². The molecule has 0 fully saturated rings. The van der Waals surface area contributed by atoms with Crippen molar-refractivity contribution >= 4 is 22.9 Å². The zero-order valence-corrected chi connectivity index (χ0v) is 14.1. The Kier molecular flexibility index (Phi) is 4.98. The predicted octanol–water partition coefficient (Wildman–Crippen LogP) is 3.15. The molecule has 1 aromatic carbocycles. The van der Waals surface area contributed by atoms with Crippen molar-refractivity contribution in [3.05, 3.63) is 64.9 Å². The van der Waals surface area contributed by atoms with Gasteiger partial charge < -0.3 is 11.1 Å². The van der Waals surface area contributed by atoms with Gasteiger partial charge in [0.05, 0.1) is 12.1 Å². The molecule has 0 unspecified atom stereocenters. The van der Waals surface area contributed by atoms with Crippen molar-refractivity contribution in [2.45, 2.75) is 19.9 Å². The number of rotatable bonds is 5. The first-order valence-corrected chi connectivity index (χ1v) is 8.48. The van der Waals surface area contributed by atoms with Crippen LogP contribution in [0, 0.1) is 6.92 Å². The number of nitrogens with zero attached hydrogens (tertiary/aromatic N) is 2. The molecule has 1 amide bonds. The van der Waals surface area contributed by atoms with Crippen molar-refractivity contribution < 1.29 is 4.79 Å². The van der Waals surface area contributed by atoms with E-state index < -0.39 is 0 Å². The normalized spacial score (nSPS) is 10.6. The van der Waals surface area contributed by atoms with Gasteiger partial charge in [-0.15, -0.1) is 11.3 Å². The first-order chi connectivity index (χ1) is 11.6. The van der Waals surface area contributed by atoms with E-state index in [0.29, 0.717) is 6.54 Å². The Morgan fingerprint density at radius 2 is 2.04 bits per heavy atom. The van der Waals surface area contributed by atoms with Crippen LogP contribution in [0.3, 0.4) is 0 Å². The molecule has 0 saturated carbocycles. The second kappa shape index (κ2) is 7.33. The van der Waals surface area contributed by atoms with E-state index in [2.05, 4.69) is 15.3 Å². The number of thiazole rings is 1. The van der Waals surface area contributed by atoms with Gasteiger partial charge in [-0.25, -0.2) is 4.98 Å². The molecule has 24 heavy (non-hydrogen) atoms. The summed E-state index contributed by atoms with van der Waals surface area (Å²) in [7, 11) is 0. The summed E-state index contributed by atoms with van der Waals surface area (Å²) in [6, 6.07) is 11.6. The number of carbonyl (C=O) groups excluding carboxylic acids is 1. The van der Waals surface area contributed by atoms with Crippen LogP contribution in [0.15, 0.2) is 48.0 Å². The Balaban J connectivity index is 1.65. The maximum atomic E-state index is 12.1. The average molecular weight is 338 g/mol. The Hall–Kier alpha value is -2.57. The van der Waals surface area contributed by atoms with E-state index >= 15 is 0 Å². The summed E-state index contributed by atoms with van der Waals surface area (Å²) in [5.41, 5.74) is 10.1. The fourth-order valence-corrected chi connectivity index (χ4v) is 3.12. The quantitative estimate of drug-likeness (QED) is 0.749. The van der Waals surface area contributed by atoms with E-state index in [4.69, 9.17) is 5.73 Å². The lowest BCUT2D eigenvalue weighted by atomic mass is 10.1. The molecule has 0 bridgehead atoms. The number of carbonyl (C=O) groups is 1.